The van der Waals surface area contributed by atoms with Crippen molar-refractivity contribution in [2.45, 2.75) is 51.7 Å². The zero-order valence-electron chi connectivity index (χ0n) is 15.8. The average Bonchev–Trinajstić information content (AvgIpc) is 2.61. The Hall–Kier alpha value is -2.24. The Balaban J connectivity index is 1.53. The van der Waals surface area contributed by atoms with Gasteiger partial charge in [-0.25, -0.2) is 4.79 Å². The Bertz CT molecular complexity index is 660. The fourth-order valence-electron chi connectivity index (χ4n) is 3.43. The summed E-state index contributed by atoms with van der Waals surface area (Å²) in [7, 11) is 0. The number of nitrogens with zero attached hydrogens (tertiary/aromatic N) is 1. The molecule has 1 atom stereocenters. The van der Waals surface area contributed by atoms with Crippen LogP contribution in [0.4, 0.5) is 4.79 Å². The van der Waals surface area contributed by atoms with Gasteiger partial charge in [-0.1, -0.05) is 18.2 Å². The molecule has 142 valence electrons. The van der Waals surface area contributed by atoms with Gasteiger partial charge in [-0.15, -0.1) is 0 Å². The number of fused-ring (bicyclic) bond motifs is 1. The second kappa shape index (κ2) is 7.56. The second-order valence-corrected chi connectivity index (χ2v) is 7.98. The van der Waals surface area contributed by atoms with Crippen LogP contribution in [-0.4, -0.2) is 42.2 Å². The Kier molecular flexibility index (Phi) is 5.39. The number of carbonyl (C=O) groups is 2. The molecule has 2 aliphatic heterocycles. The summed E-state index contributed by atoms with van der Waals surface area (Å²) in [6, 6.07) is 7.84. The largest absolute Gasteiger partial charge is 0.493 e. The molecule has 0 aromatic heterocycles. The maximum absolute atomic E-state index is 12.7. The predicted molar refractivity (Wildman–Crippen MR) is 98.0 cm³/mol. The maximum Gasteiger partial charge on any atom is 0.410 e. The van der Waals surface area contributed by atoms with Crippen LogP contribution in [0.25, 0.3) is 0 Å². The number of para-hydroxylation sites is 1. The van der Waals surface area contributed by atoms with Gasteiger partial charge in [0.1, 0.15) is 11.4 Å². The van der Waals surface area contributed by atoms with Gasteiger partial charge in [-0.3, -0.25) is 4.79 Å². The van der Waals surface area contributed by atoms with Crippen molar-refractivity contribution in [1.82, 2.24) is 10.2 Å². The number of rotatable bonds is 2. The maximum atomic E-state index is 12.7. The molecule has 2 amide bonds. The lowest BCUT2D eigenvalue weighted by molar-refractivity contribution is -0.127. The molecule has 3 rings (SSSR count). The molecule has 2 heterocycles. The zero-order valence-corrected chi connectivity index (χ0v) is 15.8. The van der Waals surface area contributed by atoms with Gasteiger partial charge in [0, 0.05) is 31.0 Å². The van der Waals surface area contributed by atoms with Crippen molar-refractivity contribution in [1.29, 1.82) is 0 Å². The highest BCUT2D eigenvalue weighted by Crippen LogP contribution is 2.32. The minimum absolute atomic E-state index is 0.00339. The van der Waals surface area contributed by atoms with Crippen LogP contribution in [0.1, 0.15) is 51.6 Å². The Morgan fingerprint density at radius 3 is 2.54 bits per heavy atom. The van der Waals surface area contributed by atoms with Crippen LogP contribution in [-0.2, 0) is 9.53 Å². The number of carbonyl (C=O) groups excluding carboxylic acids is 2. The SMILES string of the molecule is CC(C)(C)OC(=O)N1CCC(C(=O)NC2CCOc3ccccc32)CC1. The number of benzene rings is 1. The monoisotopic (exact) mass is 360 g/mol. The molecule has 1 fully saturated rings. The smallest absolute Gasteiger partial charge is 0.410 e. The molecule has 0 saturated carbocycles. The number of piperidine rings is 1. The van der Waals surface area contributed by atoms with Crippen LogP contribution in [0.2, 0.25) is 0 Å². The second-order valence-electron chi connectivity index (χ2n) is 7.98. The lowest BCUT2D eigenvalue weighted by atomic mass is 9.94. The number of ether oxygens (including phenoxy) is 2. The van der Waals surface area contributed by atoms with E-state index in [-0.39, 0.29) is 24.0 Å². The Morgan fingerprint density at radius 1 is 1.15 bits per heavy atom. The summed E-state index contributed by atoms with van der Waals surface area (Å²) < 4.78 is 11.1. The summed E-state index contributed by atoms with van der Waals surface area (Å²) in [6.07, 6.45) is 1.81. The number of likely N-dealkylation sites (tertiary alicyclic amines) is 1. The first-order valence-corrected chi connectivity index (χ1v) is 9.33. The van der Waals surface area contributed by atoms with Gasteiger partial charge >= 0.3 is 6.09 Å². The molecule has 1 aromatic carbocycles. The standard InChI is InChI=1S/C20H28N2O4/c1-20(2,3)26-19(24)22-11-8-14(9-12-22)18(23)21-16-10-13-25-17-7-5-4-6-15(16)17/h4-7,14,16H,8-13H2,1-3H3,(H,21,23). The van der Waals surface area contributed by atoms with E-state index in [0.29, 0.717) is 32.5 Å². The van der Waals surface area contributed by atoms with E-state index in [1.165, 1.54) is 0 Å². The van der Waals surface area contributed by atoms with Crippen molar-refractivity contribution in [3.05, 3.63) is 29.8 Å². The van der Waals surface area contributed by atoms with Crippen LogP contribution in [0.3, 0.4) is 0 Å². The molecule has 0 bridgehead atoms. The molecule has 0 aliphatic carbocycles. The molecule has 1 aromatic rings. The molecular formula is C20H28N2O4. The van der Waals surface area contributed by atoms with E-state index in [1.54, 1.807) is 4.90 Å². The van der Waals surface area contributed by atoms with E-state index < -0.39 is 5.60 Å². The van der Waals surface area contributed by atoms with Crippen LogP contribution < -0.4 is 10.1 Å². The van der Waals surface area contributed by atoms with E-state index in [4.69, 9.17) is 9.47 Å². The summed E-state index contributed by atoms with van der Waals surface area (Å²) in [5, 5.41) is 3.17. The van der Waals surface area contributed by atoms with E-state index in [0.717, 1.165) is 17.7 Å². The van der Waals surface area contributed by atoms with E-state index in [2.05, 4.69) is 5.32 Å². The predicted octanol–water partition coefficient (Wildman–Crippen LogP) is 3.27. The number of nitrogens with one attached hydrogen (secondary N) is 1. The summed E-state index contributed by atoms with van der Waals surface area (Å²) >= 11 is 0. The third kappa shape index (κ3) is 4.48. The van der Waals surface area contributed by atoms with Gasteiger partial charge in [-0.2, -0.15) is 0 Å². The first kappa shape index (κ1) is 18.5. The molecule has 1 N–H and O–H groups in total. The molecule has 0 radical (unpaired) electrons. The summed E-state index contributed by atoms with van der Waals surface area (Å²) in [6.45, 7) is 7.29. The third-order valence-corrected chi connectivity index (χ3v) is 4.79. The van der Waals surface area contributed by atoms with Gasteiger partial charge in [0.2, 0.25) is 5.91 Å². The number of hydrogen-bond donors (Lipinski definition) is 1. The molecule has 26 heavy (non-hydrogen) atoms. The summed E-state index contributed by atoms with van der Waals surface area (Å²) in [5.74, 6) is 0.850. The van der Waals surface area contributed by atoms with E-state index in [9.17, 15) is 9.59 Å². The van der Waals surface area contributed by atoms with Crippen LogP contribution in [0.5, 0.6) is 5.75 Å². The van der Waals surface area contributed by atoms with Crippen LogP contribution >= 0.6 is 0 Å². The van der Waals surface area contributed by atoms with Crippen molar-refractivity contribution in [3.8, 4) is 5.75 Å². The number of hydrogen-bond acceptors (Lipinski definition) is 4. The lowest BCUT2D eigenvalue weighted by Crippen LogP contribution is -2.45. The van der Waals surface area contributed by atoms with Gasteiger partial charge in [0.05, 0.1) is 12.6 Å². The highest BCUT2D eigenvalue weighted by molar-refractivity contribution is 5.79. The summed E-state index contributed by atoms with van der Waals surface area (Å²) in [4.78, 5) is 26.5. The van der Waals surface area contributed by atoms with Gasteiger partial charge < -0.3 is 19.7 Å². The molecule has 1 saturated heterocycles. The minimum atomic E-state index is -0.498. The highest BCUT2D eigenvalue weighted by Gasteiger charge is 2.31. The van der Waals surface area contributed by atoms with Crippen LogP contribution in [0, 0.1) is 5.92 Å². The molecule has 2 aliphatic rings. The molecule has 0 spiro atoms. The minimum Gasteiger partial charge on any atom is -0.493 e. The topological polar surface area (TPSA) is 67.9 Å². The van der Waals surface area contributed by atoms with Gasteiger partial charge in [0.15, 0.2) is 0 Å². The first-order chi connectivity index (χ1) is 12.3. The Morgan fingerprint density at radius 2 is 1.85 bits per heavy atom. The van der Waals surface area contributed by atoms with Gasteiger partial charge in [-0.05, 0) is 39.7 Å². The van der Waals surface area contributed by atoms with Crippen molar-refractivity contribution >= 4 is 12.0 Å². The van der Waals surface area contributed by atoms with Crippen LogP contribution in [0.15, 0.2) is 24.3 Å². The molecule has 6 heteroatoms. The fraction of sp³-hybridized carbons (Fsp3) is 0.600. The summed E-state index contributed by atoms with van der Waals surface area (Å²) in [5.41, 5.74) is 0.542. The Labute approximate surface area is 154 Å². The normalized spacial score (nSPS) is 20.7. The van der Waals surface area contributed by atoms with Crippen molar-refractivity contribution in [3.63, 3.8) is 0 Å². The van der Waals surface area contributed by atoms with Gasteiger partial charge in [0.25, 0.3) is 0 Å². The number of amides is 2. The van der Waals surface area contributed by atoms with Crippen molar-refractivity contribution in [2.24, 2.45) is 5.92 Å². The van der Waals surface area contributed by atoms with Crippen molar-refractivity contribution in [2.75, 3.05) is 19.7 Å². The quantitative estimate of drug-likeness (QED) is 0.879. The van der Waals surface area contributed by atoms with Crippen molar-refractivity contribution < 1.29 is 19.1 Å². The zero-order chi connectivity index (χ0) is 18.7. The molecular weight excluding hydrogens is 332 g/mol. The van der Waals surface area contributed by atoms with E-state index in [1.807, 2.05) is 45.0 Å². The molecule has 6 nitrogen and oxygen atoms in total. The molecule has 1 unspecified atom stereocenters. The van der Waals surface area contributed by atoms with E-state index >= 15 is 0 Å². The fourth-order valence-corrected chi connectivity index (χ4v) is 3.43. The third-order valence-electron chi connectivity index (χ3n) is 4.79. The average molecular weight is 360 g/mol. The highest BCUT2D eigenvalue weighted by atomic mass is 16.6. The lowest BCUT2D eigenvalue weighted by Gasteiger charge is -2.34. The first-order valence-electron chi connectivity index (χ1n) is 9.33.